The van der Waals surface area contributed by atoms with E-state index in [4.69, 9.17) is 0 Å². The van der Waals surface area contributed by atoms with Crippen molar-refractivity contribution in [3.05, 3.63) is 28.3 Å². The van der Waals surface area contributed by atoms with Gasteiger partial charge in [-0.2, -0.15) is 0 Å². The molecule has 1 aromatic carbocycles. The molecule has 0 fully saturated rings. The topological polar surface area (TPSA) is 20.2 Å². The van der Waals surface area contributed by atoms with Gasteiger partial charge in [-0.25, -0.2) is 0 Å². The minimum Gasteiger partial charge on any atom is -0.507 e. The van der Waals surface area contributed by atoms with Crippen LogP contribution in [0.4, 0.5) is 0 Å². The van der Waals surface area contributed by atoms with Crippen LogP contribution in [0.15, 0.2) is 6.07 Å². The zero-order valence-electron chi connectivity index (χ0n) is 36.6. The molecule has 0 aromatic heterocycles. The van der Waals surface area contributed by atoms with Crippen molar-refractivity contribution in [3.8, 4) is 5.75 Å². The molecule has 1 heteroatoms. The fraction of sp³-hybridized carbons (Fsp3) is 0.880. The number of phenolic OH excluding ortho intramolecular Hbond substituents is 1. The second kappa shape index (κ2) is 30.4. The quantitative estimate of drug-likeness (QED) is 0.0706. The molecule has 1 N–H and O–H groups in total. The zero-order valence-corrected chi connectivity index (χ0v) is 36.6. The third-order valence-electron chi connectivity index (χ3n) is 11.6. The van der Waals surface area contributed by atoms with Crippen LogP contribution in [0.1, 0.15) is 283 Å². The third-order valence-corrected chi connectivity index (χ3v) is 11.6. The number of aromatic hydroxyl groups is 1. The van der Waals surface area contributed by atoms with Crippen molar-refractivity contribution in [2.45, 2.75) is 285 Å². The molecule has 1 aromatic rings. The first-order chi connectivity index (χ1) is 24.5. The molecule has 0 aliphatic carbocycles. The Balaban J connectivity index is 2.42. The molecule has 0 unspecified atom stereocenters. The SMILES string of the molecule is CCCCCCCCCCCCCCCCCCc1cc(CCCCCCCCCCCCCCCCCC)c(C(C)(C)C)c(O)c1C(C)(C)C. The van der Waals surface area contributed by atoms with Crippen LogP contribution in [-0.4, -0.2) is 5.11 Å². The highest BCUT2D eigenvalue weighted by molar-refractivity contribution is 5.55. The van der Waals surface area contributed by atoms with Crippen LogP contribution in [-0.2, 0) is 23.7 Å². The van der Waals surface area contributed by atoms with Crippen LogP contribution in [0, 0.1) is 0 Å². The van der Waals surface area contributed by atoms with Crippen molar-refractivity contribution in [3.63, 3.8) is 0 Å². The molecule has 0 atom stereocenters. The molecular weight excluding hydrogens is 617 g/mol. The number of hydrogen-bond donors (Lipinski definition) is 1. The Morgan fingerprint density at radius 2 is 0.529 bits per heavy atom. The second-order valence-electron chi connectivity index (χ2n) is 18.9. The first kappa shape index (κ1) is 48.0. The highest BCUT2D eigenvalue weighted by atomic mass is 16.3. The van der Waals surface area contributed by atoms with E-state index in [1.54, 1.807) is 0 Å². The smallest absolute Gasteiger partial charge is 0.123 e. The molecule has 0 aliphatic rings. The lowest BCUT2D eigenvalue weighted by Crippen LogP contribution is -2.21. The van der Waals surface area contributed by atoms with Crippen molar-refractivity contribution in [1.82, 2.24) is 0 Å². The first-order valence-electron chi connectivity index (χ1n) is 23.4. The molecule has 0 saturated carbocycles. The monoisotopic (exact) mass is 711 g/mol. The van der Waals surface area contributed by atoms with Crippen LogP contribution in [0.2, 0.25) is 0 Å². The van der Waals surface area contributed by atoms with Crippen LogP contribution in [0.5, 0.6) is 5.75 Å². The summed E-state index contributed by atoms with van der Waals surface area (Å²) in [7, 11) is 0. The van der Waals surface area contributed by atoms with Gasteiger partial charge in [0.1, 0.15) is 5.75 Å². The van der Waals surface area contributed by atoms with Gasteiger partial charge in [-0.1, -0.05) is 254 Å². The van der Waals surface area contributed by atoms with E-state index in [0.29, 0.717) is 5.75 Å². The van der Waals surface area contributed by atoms with Gasteiger partial charge in [0.15, 0.2) is 0 Å². The molecule has 0 bridgehead atoms. The zero-order chi connectivity index (χ0) is 37.6. The van der Waals surface area contributed by atoms with Gasteiger partial charge in [0, 0.05) is 11.1 Å². The molecule has 0 heterocycles. The van der Waals surface area contributed by atoms with Crippen molar-refractivity contribution in [2.24, 2.45) is 0 Å². The minimum atomic E-state index is -0.0543. The fourth-order valence-corrected chi connectivity index (χ4v) is 8.58. The van der Waals surface area contributed by atoms with Gasteiger partial charge >= 0.3 is 0 Å². The van der Waals surface area contributed by atoms with Crippen LogP contribution in [0.3, 0.4) is 0 Å². The Morgan fingerprint density at radius 3 is 0.725 bits per heavy atom. The maximum Gasteiger partial charge on any atom is 0.123 e. The van der Waals surface area contributed by atoms with E-state index in [0.717, 1.165) is 12.8 Å². The largest absolute Gasteiger partial charge is 0.507 e. The summed E-state index contributed by atoms with van der Waals surface area (Å²) in [4.78, 5) is 0. The summed E-state index contributed by atoms with van der Waals surface area (Å²) >= 11 is 0. The lowest BCUT2D eigenvalue weighted by Gasteiger charge is -2.32. The standard InChI is InChI=1S/C50H94O/c1-9-11-13-15-17-19-21-23-25-27-29-31-33-35-37-39-41-44-43-45(47(50(6,7)8)48(51)46(44)49(3,4)5)42-40-38-36-34-32-30-28-26-24-22-20-18-16-14-12-10-2/h43,51H,9-42H2,1-8H3. The van der Waals surface area contributed by atoms with Crippen LogP contribution in [0.25, 0.3) is 0 Å². The number of hydrogen-bond acceptors (Lipinski definition) is 1. The predicted molar refractivity (Wildman–Crippen MR) is 232 cm³/mol. The Kier molecular flexibility index (Phi) is 28.6. The molecule has 300 valence electrons. The Morgan fingerprint density at radius 1 is 0.333 bits per heavy atom. The molecule has 1 nitrogen and oxygen atoms in total. The number of benzene rings is 1. The van der Waals surface area contributed by atoms with Crippen molar-refractivity contribution in [1.29, 1.82) is 0 Å². The minimum absolute atomic E-state index is 0.0543. The lowest BCUT2D eigenvalue weighted by atomic mass is 9.74. The van der Waals surface area contributed by atoms with E-state index in [-0.39, 0.29) is 10.8 Å². The average Bonchev–Trinajstić information content (AvgIpc) is 3.06. The molecule has 0 amide bonds. The predicted octanol–water partition coefficient (Wildman–Crippen LogP) is 17.6. The summed E-state index contributed by atoms with van der Waals surface area (Å²) in [5, 5.41) is 11.9. The van der Waals surface area contributed by atoms with Gasteiger partial charge in [-0.15, -0.1) is 0 Å². The third kappa shape index (κ3) is 24.1. The molecule has 1 rings (SSSR count). The first-order valence-corrected chi connectivity index (χ1v) is 23.4. The van der Waals surface area contributed by atoms with Crippen molar-refractivity contribution < 1.29 is 5.11 Å². The van der Waals surface area contributed by atoms with E-state index in [2.05, 4.69) is 61.5 Å². The Labute approximate surface area is 322 Å². The van der Waals surface area contributed by atoms with E-state index in [1.165, 1.54) is 228 Å². The van der Waals surface area contributed by atoms with Crippen LogP contribution >= 0.6 is 0 Å². The van der Waals surface area contributed by atoms with Crippen molar-refractivity contribution in [2.75, 3.05) is 0 Å². The summed E-state index contributed by atoms with van der Waals surface area (Å²) in [5.74, 6) is 0.607. The molecule has 0 saturated heterocycles. The number of unbranched alkanes of at least 4 members (excludes halogenated alkanes) is 30. The van der Waals surface area contributed by atoms with E-state index < -0.39 is 0 Å². The summed E-state index contributed by atoms with van der Waals surface area (Å²) in [5.41, 5.74) is 5.16. The summed E-state index contributed by atoms with van der Waals surface area (Å²) in [6, 6.07) is 2.54. The number of phenols is 1. The average molecular weight is 711 g/mol. The highest BCUT2D eigenvalue weighted by Gasteiger charge is 2.30. The van der Waals surface area contributed by atoms with Crippen molar-refractivity contribution >= 4 is 0 Å². The highest BCUT2D eigenvalue weighted by Crippen LogP contribution is 2.44. The van der Waals surface area contributed by atoms with E-state index in [1.807, 2.05) is 0 Å². The fourth-order valence-electron chi connectivity index (χ4n) is 8.58. The molecule has 0 radical (unpaired) electrons. The summed E-state index contributed by atoms with van der Waals surface area (Å²) in [6.45, 7) is 18.4. The number of aryl methyl sites for hydroxylation is 2. The normalized spacial score (nSPS) is 12.3. The maximum absolute atomic E-state index is 11.9. The van der Waals surface area contributed by atoms with Gasteiger partial charge in [0.05, 0.1) is 0 Å². The second-order valence-corrected chi connectivity index (χ2v) is 18.9. The molecular formula is C50H94O. The maximum atomic E-state index is 11.9. The van der Waals surface area contributed by atoms with E-state index >= 15 is 0 Å². The van der Waals surface area contributed by atoms with Gasteiger partial charge in [-0.3, -0.25) is 0 Å². The lowest BCUT2D eigenvalue weighted by molar-refractivity contribution is 0.417. The van der Waals surface area contributed by atoms with Gasteiger partial charge in [-0.05, 0) is 47.6 Å². The Bertz CT molecular complexity index is 856. The van der Waals surface area contributed by atoms with Gasteiger partial charge in [0.25, 0.3) is 0 Å². The Hall–Kier alpha value is -0.980. The molecule has 0 aliphatic heterocycles. The van der Waals surface area contributed by atoms with Gasteiger partial charge in [0.2, 0.25) is 0 Å². The summed E-state index contributed by atoms with van der Waals surface area (Å²) in [6.07, 6.45) is 47.3. The van der Waals surface area contributed by atoms with E-state index in [9.17, 15) is 5.11 Å². The molecule has 51 heavy (non-hydrogen) atoms. The molecule has 0 spiro atoms. The van der Waals surface area contributed by atoms with Gasteiger partial charge < -0.3 is 5.11 Å². The van der Waals surface area contributed by atoms with Crippen LogP contribution < -0.4 is 0 Å². The number of rotatable bonds is 34. The summed E-state index contributed by atoms with van der Waals surface area (Å²) < 4.78 is 0.